The second-order valence-corrected chi connectivity index (χ2v) is 37.0. The zero-order valence-electron chi connectivity index (χ0n) is 71.4. The minimum atomic E-state index is 0.650. The van der Waals surface area contributed by atoms with Crippen LogP contribution in [0, 0.1) is 0 Å². The molecule has 28 aromatic rings. The van der Waals surface area contributed by atoms with Gasteiger partial charge >= 0.3 is 0 Å². The van der Waals surface area contributed by atoms with Crippen LogP contribution in [0.25, 0.3) is 270 Å². The van der Waals surface area contributed by atoms with Crippen molar-refractivity contribution < 1.29 is 0 Å². The van der Waals surface area contributed by atoms with E-state index in [4.69, 9.17) is 39.9 Å². The number of aromatic nitrogens is 8. The molecular weight excluding hydrogens is 1670 g/mol. The Morgan fingerprint density at radius 2 is 0.481 bits per heavy atom. The maximum atomic E-state index is 5.48. The van der Waals surface area contributed by atoms with Gasteiger partial charge in [-0.2, -0.15) is 0 Å². The van der Waals surface area contributed by atoms with Crippen molar-refractivity contribution in [3.63, 3.8) is 0 Å². The predicted octanol–water partition coefficient (Wildman–Crippen LogP) is 33.9. The van der Waals surface area contributed by atoms with E-state index in [9.17, 15) is 0 Å². The van der Waals surface area contributed by atoms with Crippen LogP contribution in [0.2, 0.25) is 0 Å². The summed E-state index contributed by atoms with van der Waals surface area (Å²) in [6.07, 6.45) is 0. The average molecular weight is 1750 g/mol. The van der Waals surface area contributed by atoms with Crippen molar-refractivity contribution in [2.24, 2.45) is 0 Å². The summed E-state index contributed by atoms with van der Waals surface area (Å²) in [5.41, 5.74) is 14.3. The third kappa shape index (κ3) is 13.4. The lowest BCUT2D eigenvalue weighted by molar-refractivity contribution is 1.08. The fourth-order valence-corrected chi connectivity index (χ4v) is 23.4. The molecule has 0 saturated carbocycles. The van der Waals surface area contributed by atoms with Gasteiger partial charge in [0.25, 0.3) is 0 Å². The topological polar surface area (TPSA) is 103 Å². The molecule has 22 aromatic carbocycles. The van der Waals surface area contributed by atoms with E-state index in [1.165, 1.54) is 136 Å². The fourth-order valence-electron chi connectivity index (χ4n) is 19.9. The molecule has 0 aliphatic rings. The highest BCUT2D eigenvalue weighted by Crippen LogP contribution is 2.51. The third-order valence-corrected chi connectivity index (χ3v) is 29.4. The zero-order chi connectivity index (χ0) is 87.6. The maximum Gasteiger partial charge on any atom is 0.165 e. The average Bonchev–Trinajstić information content (AvgIpc) is 0.970. The van der Waals surface area contributed by atoms with Gasteiger partial charge in [0, 0.05) is 110 Å². The first-order valence-electron chi connectivity index (χ1n) is 44.7. The Labute approximate surface area is 775 Å². The van der Waals surface area contributed by atoms with Crippen LogP contribution in [0.4, 0.5) is 0 Å². The van der Waals surface area contributed by atoms with Crippen LogP contribution in [0.1, 0.15) is 0 Å². The van der Waals surface area contributed by atoms with Gasteiger partial charge in [-0.15, -0.1) is 34.0 Å². The summed E-state index contributed by atoms with van der Waals surface area (Å²) in [5.74, 6) is 3.98. The summed E-state index contributed by atoms with van der Waals surface area (Å²) in [7, 11) is 0. The van der Waals surface area contributed by atoms with Crippen molar-refractivity contribution in [1.82, 2.24) is 39.9 Å². The van der Waals surface area contributed by atoms with Crippen LogP contribution in [-0.2, 0) is 0 Å². The molecule has 0 amide bonds. The Bertz CT molecular complexity index is 9480. The van der Waals surface area contributed by atoms with Crippen LogP contribution in [-0.4, -0.2) is 39.9 Å². The van der Waals surface area contributed by atoms with E-state index in [2.05, 4.69) is 413 Å². The summed E-state index contributed by atoms with van der Waals surface area (Å²) in [6, 6.07) is 155. The monoisotopic (exact) mass is 1740 g/mol. The molecular formula is C122H72N8S3. The molecule has 8 nitrogen and oxygen atoms in total. The molecule has 0 aliphatic heterocycles. The van der Waals surface area contributed by atoms with Gasteiger partial charge in [-0.1, -0.05) is 388 Å². The molecule has 6 aromatic heterocycles. The first-order chi connectivity index (χ1) is 65.9. The van der Waals surface area contributed by atoms with Crippen LogP contribution in [0.15, 0.2) is 437 Å². The Hall–Kier alpha value is -16.8. The quantitative estimate of drug-likeness (QED) is 0.132. The Balaban J connectivity index is 0.000000105. The molecule has 0 atom stereocenters. The lowest BCUT2D eigenvalue weighted by Crippen LogP contribution is -2.01. The predicted molar refractivity (Wildman–Crippen MR) is 564 cm³/mol. The molecule has 0 N–H and O–H groups in total. The maximum absolute atomic E-state index is 5.48. The number of benzene rings is 22. The first kappa shape index (κ1) is 77.3. The molecule has 0 radical (unpaired) electrons. The summed E-state index contributed by atoms with van der Waals surface area (Å²) < 4.78 is 7.65. The van der Waals surface area contributed by atoms with Gasteiger partial charge in [0.05, 0.1) is 22.4 Å². The molecule has 11 heteroatoms. The van der Waals surface area contributed by atoms with Crippen LogP contribution < -0.4 is 0 Å². The van der Waals surface area contributed by atoms with Crippen molar-refractivity contribution in [2.75, 3.05) is 0 Å². The van der Waals surface area contributed by atoms with E-state index in [1.54, 1.807) is 0 Å². The van der Waals surface area contributed by atoms with E-state index in [0.717, 1.165) is 99.2 Å². The lowest BCUT2D eigenvalue weighted by Gasteiger charge is -2.15. The smallest absolute Gasteiger partial charge is 0.165 e. The number of hydrogen-bond acceptors (Lipinski definition) is 11. The van der Waals surface area contributed by atoms with E-state index in [0.29, 0.717) is 34.9 Å². The lowest BCUT2D eigenvalue weighted by atomic mass is 9.93. The second kappa shape index (κ2) is 32.1. The Morgan fingerprint density at radius 3 is 0.992 bits per heavy atom. The molecule has 28 rings (SSSR count). The molecule has 0 fully saturated rings. The number of fused-ring (bicyclic) bond motifs is 23. The van der Waals surface area contributed by atoms with E-state index in [1.807, 2.05) is 58.3 Å². The van der Waals surface area contributed by atoms with Crippen molar-refractivity contribution in [3.8, 4) is 102 Å². The first-order valence-corrected chi connectivity index (χ1v) is 47.1. The summed E-state index contributed by atoms with van der Waals surface area (Å²) in [6.45, 7) is 0. The van der Waals surface area contributed by atoms with Gasteiger partial charge < -0.3 is 0 Å². The normalized spacial score (nSPS) is 11.8. The largest absolute Gasteiger partial charge is 0.244 e. The van der Waals surface area contributed by atoms with Gasteiger partial charge in [0.2, 0.25) is 0 Å². The molecule has 0 aliphatic carbocycles. The van der Waals surface area contributed by atoms with Crippen LogP contribution >= 0.6 is 34.0 Å². The van der Waals surface area contributed by atoms with Crippen LogP contribution in [0.5, 0.6) is 0 Å². The molecule has 0 saturated heterocycles. The minimum Gasteiger partial charge on any atom is -0.244 e. The second-order valence-electron chi connectivity index (χ2n) is 33.7. The number of nitrogens with zero attached hydrogens (tertiary/aromatic N) is 8. The van der Waals surface area contributed by atoms with Gasteiger partial charge in [0.15, 0.2) is 34.9 Å². The van der Waals surface area contributed by atoms with Crippen molar-refractivity contribution in [1.29, 1.82) is 0 Å². The number of rotatable bonds is 9. The third-order valence-electron chi connectivity index (χ3n) is 26.0. The minimum absolute atomic E-state index is 0.650. The van der Waals surface area contributed by atoms with Gasteiger partial charge in [-0.05, 0) is 151 Å². The zero-order valence-corrected chi connectivity index (χ0v) is 73.8. The highest BCUT2D eigenvalue weighted by Gasteiger charge is 2.26. The molecule has 0 unspecified atom stereocenters. The molecule has 0 spiro atoms. The van der Waals surface area contributed by atoms with E-state index >= 15 is 0 Å². The molecule has 618 valence electrons. The van der Waals surface area contributed by atoms with E-state index < -0.39 is 0 Å². The molecule has 0 bridgehead atoms. The Morgan fingerprint density at radius 1 is 0.150 bits per heavy atom. The van der Waals surface area contributed by atoms with Crippen molar-refractivity contribution >= 4 is 203 Å². The summed E-state index contributed by atoms with van der Waals surface area (Å²) in [5, 5.41) is 29.0. The van der Waals surface area contributed by atoms with Gasteiger partial charge in [-0.3, -0.25) is 0 Å². The van der Waals surface area contributed by atoms with Crippen molar-refractivity contribution in [3.05, 3.63) is 437 Å². The van der Waals surface area contributed by atoms with Gasteiger partial charge in [-0.25, -0.2) is 39.9 Å². The summed E-state index contributed by atoms with van der Waals surface area (Å²) in [4.78, 5) is 41.9. The number of hydrogen-bond donors (Lipinski definition) is 0. The standard InChI is InChI=1S/C45H27N3S.C43H25N3S.C34H20N2S/c1-4-16-33-28(11-1)14-9-20-36(33)44-46-43(47-45(48-44)37-21-10-15-29-12-2-5-17-34(29)37)31-25-23-30(24-26-31)41-35-18-6-3-13-32(35)27-40-42(41)38-19-7-8-22-39(38)49-40;1-2-12-26(13-3-1)41-44-42(28-22-23-34-32-18-7-6-16-30(32)31-17-8-9-19-33(31)36(34)24-28)46-43(45-41)40-29-15-5-4-14-27(29)25-38-39(40)35-20-10-11-21-37(35)47-38;1-2-11-22(12-3-1)32-34(36-33-25-15-7-4-10-21(25)18-19-27(33)35-32)31-24-14-6-5-13-23(24)20-29-30(31)26-16-8-9-17-28(26)37-29/h1-27H;1-25H;1-20H. The van der Waals surface area contributed by atoms with Gasteiger partial charge in [0.1, 0.15) is 0 Å². The molecule has 133 heavy (non-hydrogen) atoms. The SMILES string of the molecule is c1ccc(-c2nc(-c3ccc4c5ccccc5c5ccccc5c4c3)nc(-c3c4ccccc4cc4sc5ccccc5c34)n2)cc1.c1ccc(-c2nc3ccc4ccccc4c3nc2-c2c3ccccc3cc3sc4ccccc4c23)cc1.c1ccc2c(-c3nc(-c4ccc(-c5c6ccccc6cc6sc7ccccc7c56)cc4)nc(-c4cccc5ccccc45)n3)cccc2c1. The summed E-state index contributed by atoms with van der Waals surface area (Å²) >= 11 is 5.52. The Kier molecular flexibility index (Phi) is 18.7. The van der Waals surface area contributed by atoms with E-state index in [-0.39, 0.29) is 0 Å². The fraction of sp³-hybridized carbons (Fsp3) is 0. The number of thiophene rings is 3. The van der Waals surface area contributed by atoms with Crippen molar-refractivity contribution in [2.45, 2.75) is 0 Å². The molecule has 6 heterocycles. The highest BCUT2D eigenvalue weighted by atomic mass is 32.1. The highest BCUT2D eigenvalue weighted by molar-refractivity contribution is 7.27. The van der Waals surface area contributed by atoms with Crippen LogP contribution in [0.3, 0.4) is 0 Å².